The summed E-state index contributed by atoms with van der Waals surface area (Å²) in [6.45, 7) is 0. The Balaban J connectivity index is -0.0000000114. The molecule has 10 N–H and O–H groups in total. The van der Waals surface area contributed by atoms with Crippen molar-refractivity contribution in [3.8, 4) is 0 Å². The fourth-order valence-corrected chi connectivity index (χ4v) is 0. The summed E-state index contributed by atoms with van der Waals surface area (Å²) in [6, 6.07) is 0. The first-order valence-electron chi connectivity index (χ1n) is 3.26. The van der Waals surface area contributed by atoms with Crippen molar-refractivity contribution in [1.82, 2.24) is 0 Å². The topological polar surface area (TPSA) is 288 Å². The van der Waals surface area contributed by atoms with Gasteiger partial charge >= 0.3 is 135 Å². The SMILES string of the molecule is O=[Si](O)O.O=[Si](O)O.O=[Si](O)O.O=[Si](O)O.O=[Si](O)O.[H-].[H-].[H-].[Na+].[Na+].[Na+]. The van der Waals surface area contributed by atoms with Gasteiger partial charge in [0, 0.05) is 0 Å². The van der Waals surface area contributed by atoms with Gasteiger partial charge in [-0.3, -0.25) is 22.3 Å². The second kappa shape index (κ2) is 43.5. The molecule has 0 aromatic carbocycles. The zero-order valence-corrected chi connectivity index (χ0v) is 23.0. The van der Waals surface area contributed by atoms with Crippen LogP contribution in [0.15, 0.2) is 0 Å². The Kier molecular flexibility index (Phi) is 93.9. The van der Waals surface area contributed by atoms with E-state index in [-0.39, 0.29) is 93.0 Å². The molecule has 0 radical (unpaired) electrons. The van der Waals surface area contributed by atoms with Gasteiger partial charge in [-0.05, 0) is 0 Å². The molecule has 0 aliphatic rings. The summed E-state index contributed by atoms with van der Waals surface area (Å²) in [5.41, 5.74) is 0. The third kappa shape index (κ3) is 8730. The van der Waals surface area contributed by atoms with Gasteiger partial charge in [0.25, 0.3) is 0 Å². The van der Waals surface area contributed by atoms with E-state index in [1.54, 1.807) is 0 Å². The Labute approximate surface area is 206 Å². The Hall–Kier alpha value is 1.08. The molecule has 0 aromatic rings. The van der Waals surface area contributed by atoms with Crippen molar-refractivity contribution < 1.29 is 163 Å². The van der Waals surface area contributed by atoms with Crippen LogP contribution in [0.3, 0.4) is 0 Å². The Morgan fingerprint density at radius 2 is 0.348 bits per heavy atom. The fraction of sp³-hybridized carbons (Fsp3) is 0. The average Bonchev–Trinajstić information content (AvgIpc) is 1.94. The van der Waals surface area contributed by atoms with E-state index in [0.29, 0.717) is 0 Å². The predicted molar refractivity (Wildman–Crippen MR) is 57.7 cm³/mol. The largest absolute Gasteiger partial charge is 1.00 e. The van der Waals surface area contributed by atoms with Crippen molar-refractivity contribution in [1.29, 1.82) is 0 Å². The van der Waals surface area contributed by atoms with Gasteiger partial charge < -0.3 is 52.2 Å². The minimum atomic E-state index is -3.13. The maximum absolute atomic E-state index is 8.74. The molecule has 126 valence electrons. The average molecular weight is 462 g/mol. The Bertz CT molecular complexity index is 227. The van der Waals surface area contributed by atoms with Crippen LogP contribution in [-0.4, -0.2) is 93.8 Å². The predicted octanol–water partition coefficient (Wildman–Crippen LogP) is -16.7. The second-order valence-corrected chi connectivity index (χ2v) is 4.24. The minimum Gasteiger partial charge on any atom is -1.00 e. The van der Waals surface area contributed by atoms with E-state index >= 15 is 0 Å². The molecular formula is H13Na3O15Si5. The number of hydrogen-bond acceptors (Lipinski definition) is 5. The van der Waals surface area contributed by atoms with Crippen molar-refractivity contribution >= 4 is 45.9 Å². The third-order valence-corrected chi connectivity index (χ3v) is 0. The van der Waals surface area contributed by atoms with Crippen LogP contribution in [0.5, 0.6) is 0 Å². The molecule has 0 rings (SSSR count). The summed E-state index contributed by atoms with van der Waals surface area (Å²) in [4.78, 5) is 71.6. The van der Waals surface area contributed by atoms with Crippen LogP contribution >= 0.6 is 0 Å². The number of rotatable bonds is 0. The van der Waals surface area contributed by atoms with Crippen LogP contribution in [0.1, 0.15) is 4.28 Å². The first-order chi connectivity index (χ1) is 8.66. The van der Waals surface area contributed by atoms with Gasteiger partial charge in [-0.15, -0.1) is 0 Å². The van der Waals surface area contributed by atoms with Gasteiger partial charge in [0.15, 0.2) is 0 Å². The van der Waals surface area contributed by atoms with Crippen molar-refractivity contribution in [3.63, 3.8) is 0 Å². The van der Waals surface area contributed by atoms with Gasteiger partial charge in [-0.1, -0.05) is 0 Å². The summed E-state index contributed by atoms with van der Waals surface area (Å²) >= 11 is 0. The summed E-state index contributed by atoms with van der Waals surface area (Å²) in [6.07, 6.45) is 0. The minimum absolute atomic E-state index is 0. The standard InChI is InChI=1S/3Na.5H2O3Si.3H/c;;;5*1-4(2)3;;;/h;;;5*1-2H;;;/q3*+1;;;;;;3*-1. The van der Waals surface area contributed by atoms with Gasteiger partial charge in [-0.2, -0.15) is 0 Å². The molecule has 0 saturated carbocycles. The van der Waals surface area contributed by atoms with Crippen LogP contribution in [0.25, 0.3) is 0 Å². The number of hydrogen-bond donors (Lipinski definition) is 10. The van der Waals surface area contributed by atoms with E-state index in [2.05, 4.69) is 0 Å². The van der Waals surface area contributed by atoms with Gasteiger partial charge in [-0.25, -0.2) is 0 Å². The molecule has 0 bridgehead atoms. The van der Waals surface area contributed by atoms with Gasteiger partial charge in [0.05, 0.1) is 0 Å². The maximum atomic E-state index is 8.74. The van der Waals surface area contributed by atoms with Crippen molar-refractivity contribution in [2.45, 2.75) is 0 Å². The summed E-state index contributed by atoms with van der Waals surface area (Å²) < 4.78 is 43.7. The Morgan fingerprint density at radius 3 is 0.348 bits per heavy atom. The molecule has 0 fully saturated rings. The first kappa shape index (κ1) is 49.6. The van der Waals surface area contributed by atoms with Crippen LogP contribution in [0.2, 0.25) is 0 Å². The van der Waals surface area contributed by atoms with Crippen LogP contribution in [0.4, 0.5) is 0 Å². The molecule has 23 heavy (non-hydrogen) atoms. The zero-order chi connectivity index (χ0) is 17.9. The molecule has 0 atom stereocenters. The van der Waals surface area contributed by atoms with E-state index in [1.807, 2.05) is 0 Å². The van der Waals surface area contributed by atoms with Crippen molar-refractivity contribution in [2.75, 3.05) is 0 Å². The van der Waals surface area contributed by atoms with E-state index in [1.165, 1.54) is 0 Å². The summed E-state index contributed by atoms with van der Waals surface area (Å²) in [5, 5.41) is 0. The second-order valence-electron chi connectivity index (χ2n) is 1.41. The molecule has 0 saturated heterocycles. The quantitative estimate of drug-likeness (QED) is 0.149. The molecule has 0 heterocycles. The third-order valence-electron chi connectivity index (χ3n) is 0. The monoisotopic (exact) mass is 462 g/mol. The van der Waals surface area contributed by atoms with Gasteiger partial charge in [0.1, 0.15) is 0 Å². The molecule has 0 aliphatic heterocycles. The molecule has 0 aromatic heterocycles. The Morgan fingerprint density at radius 1 is 0.348 bits per heavy atom. The summed E-state index contributed by atoms with van der Waals surface area (Å²) in [5.74, 6) is 0. The summed E-state index contributed by atoms with van der Waals surface area (Å²) in [7, 11) is -15.6. The van der Waals surface area contributed by atoms with E-state index in [9.17, 15) is 0 Å². The maximum Gasteiger partial charge on any atom is 1.00 e. The van der Waals surface area contributed by atoms with Gasteiger partial charge in [0.2, 0.25) is 0 Å². The van der Waals surface area contributed by atoms with Crippen LogP contribution < -0.4 is 88.7 Å². The smallest absolute Gasteiger partial charge is 1.00 e. The first-order valence-corrected chi connectivity index (χ1v) is 9.77. The van der Waals surface area contributed by atoms with E-state index in [0.717, 1.165) is 0 Å². The normalized spacial score (nSPS) is 5.22. The van der Waals surface area contributed by atoms with Crippen LogP contribution in [-0.2, 0) is 22.3 Å². The molecule has 0 amide bonds. The molecule has 0 aliphatic carbocycles. The molecule has 0 spiro atoms. The van der Waals surface area contributed by atoms with Crippen molar-refractivity contribution in [2.24, 2.45) is 0 Å². The molecule has 15 nitrogen and oxygen atoms in total. The zero-order valence-electron chi connectivity index (χ0n) is 15.0. The molecular weight excluding hydrogens is 449 g/mol. The van der Waals surface area contributed by atoms with E-state index < -0.39 is 45.9 Å². The van der Waals surface area contributed by atoms with E-state index in [4.69, 9.17) is 70.3 Å². The van der Waals surface area contributed by atoms with Crippen LogP contribution in [0, 0.1) is 0 Å². The molecule has 23 heteroatoms. The molecule has 0 unspecified atom stereocenters. The fourth-order valence-electron chi connectivity index (χ4n) is 0. The van der Waals surface area contributed by atoms with Crippen molar-refractivity contribution in [3.05, 3.63) is 0 Å².